The van der Waals surface area contributed by atoms with E-state index in [2.05, 4.69) is 15.9 Å². The van der Waals surface area contributed by atoms with E-state index in [-0.39, 0.29) is 28.0 Å². The molecule has 0 unspecified atom stereocenters. The summed E-state index contributed by atoms with van der Waals surface area (Å²) in [6.45, 7) is 1.87. The third-order valence-corrected chi connectivity index (χ3v) is 2.42. The number of nitro benzene ring substituents is 1. The second-order valence-electron chi connectivity index (χ2n) is 2.87. The Morgan fingerprint density at radius 1 is 1.62 bits per heavy atom. The average molecular weight is 289 g/mol. The summed E-state index contributed by atoms with van der Waals surface area (Å²) in [5.41, 5.74) is 5.49. The van der Waals surface area contributed by atoms with E-state index >= 15 is 0 Å². The fraction of sp³-hybridized carbons (Fsp3) is 0.222. The predicted molar refractivity (Wildman–Crippen MR) is 61.2 cm³/mol. The lowest BCUT2D eigenvalue weighted by Gasteiger charge is -2.07. The first-order valence-electron chi connectivity index (χ1n) is 4.38. The van der Waals surface area contributed by atoms with E-state index in [1.807, 2.05) is 0 Å². The minimum absolute atomic E-state index is 0.0134. The Hall–Kier alpha value is -1.63. The van der Waals surface area contributed by atoms with Gasteiger partial charge in [0.25, 0.3) is 5.69 Å². The van der Waals surface area contributed by atoms with Crippen molar-refractivity contribution in [2.45, 2.75) is 6.92 Å². The highest BCUT2D eigenvalue weighted by atomic mass is 79.9. The van der Waals surface area contributed by atoms with Crippen molar-refractivity contribution in [3.8, 4) is 0 Å². The number of hydrogen-bond acceptors (Lipinski definition) is 5. The van der Waals surface area contributed by atoms with Gasteiger partial charge in [0.15, 0.2) is 0 Å². The van der Waals surface area contributed by atoms with Crippen molar-refractivity contribution in [3.05, 3.63) is 32.3 Å². The van der Waals surface area contributed by atoms with Crippen LogP contribution in [0.15, 0.2) is 16.6 Å². The highest BCUT2D eigenvalue weighted by molar-refractivity contribution is 9.10. The molecule has 0 atom stereocenters. The Balaban J connectivity index is 3.22. The van der Waals surface area contributed by atoms with Crippen molar-refractivity contribution in [1.82, 2.24) is 0 Å². The molecule has 86 valence electrons. The summed E-state index contributed by atoms with van der Waals surface area (Å²) in [5, 5.41) is 10.5. The molecule has 0 aliphatic rings. The van der Waals surface area contributed by atoms with Gasteiger partial charge in [-0.3, -0.25) is 10.1 Å². The minimum Gasteiger partial charge on any atom is -0.462 e. The van der Waals surface area contributed by atoms with Gasteiger partial charge in [0.05, 0.1) is 22.8 Å². The molecule has 0 saturated heterocycles. The van der Waals surface area contributed by atoms with Crippen LogP contribution in [0, 0.1) is 10.1 Å². The Labute approximate surface area is 99.7 Å². The first kappa shape index (κ1) is 12.4. The Morgan fingerprint density at radius 2 is 2.25 bits per heavy atom. The normalized spacial score (nSPS) is 9.88. The molecule has 0 heterocycles. The number of nitrogen functional groups attached to an aromatic ring is 1. The standard InChI is InChI=1S/C9H9BrN2O4/c1-2-16-9(13)8-6(10)3-5(12(14)15)4-7(8)11/h3-4H,2,11H2,1H3. The summed E-state index contributed by atoms with van der Waals surface area (Å²) in [4.78, 5) is 21.4. The summed E-state index contributed by atoms with van der Waals surface area (Å²) < 4.78 is 5.02. The molecule has 6 nitrogen and oxygen atoms in total. The van der Waals surface area contributed by atoms with Gasteiger partial charge in [-0.05, 0) is 22.9 Å². The van der Waals surface area contributed by atoms with Gasteiger partial charge in [0.2, 0.25) is 0 Å². The predicted octanol–water partition coefficient (Wildman–Crippen LogP) is 2.12. The summed E-state index contributed by atoms with van der Waals surface area (Å²) in [6.07, 6.45) is 0. The van der Waals surface area contributed by atoms with Crippen molar-refractivity contribution in [3.63, 3.8) is 0 Å². The zero-order valence-corrected chi connectivity index (χ0v) is 9.98. The molecule has 0 fully saturated rings. The number of anilines is 1. The largest absolute Gasteiger partial charge is 0.462 e. The third kappa shape index (κ3) is 2.48. The van der Waals surface area contributed by atoms with Gasteiger partial charge < -0.3 is 10.5 Å². The Morgan fingerprint density at radius 3 is 2.69 bits per heavy atom. The molecule has 1 aromatic carbocycles. The van der Waals surface area contributed by atoms with E-state index in [0.717, 1.165) is 6.07 Å². The number of halogens is 1. The summed E-state index contributed by atoms with van der Waals surface area (Å²) >= 11 is 3.05. The molecule has 7 heteroatoms. The van der Waals surface area contributed by atoms with Crippen LogP contribution in [0.5, 0.6) is 0 Å². The molecule has 16 heavy (non-hydrogen) atoms. The molecule has 1 aromatic rings. The highest BCUT2D eigenvalue weighted by Crippen LogP contribution is 2.29. The minimum atomic E-state index is -0.609. The van der Waals surface area contributed by atoms with Crippen LogP contribution in [0.1, 0.15) is 17.3 Å². The van der Waals surface area contributed by atoms with Gasteiger partial charge in [0.1, 0.15) is 0 Å². The number of benzene rings is 1. The van der Waals surface area contributed by atoms with Crippen LogP contribution in [-0.2, 0) is 4.74 Å². The lowest BCUT2D eigenvalue weighted by atomic mass is 10.1. The van der Waals surface area contributed by atoms with E-state index in [1.165, 1.54) is 6.07 Å². The van der Waals surface area contributed by atoms with E-state index in [4.69, 9.17) is 10.5 Å². The zero-order valence-electron chi connectivity index (χ0n) is 8.40. The number of nitrogens with two attached hydrogens (primary N) is 1. The van der Waals surface area contributed by atoms with Crippen molar-refractivity contribution in [2.24, 2.45) is 0 Å². The van der Waals surface area contributed by atoms with Crippen molar-refractivity contribution >= 4 is 33.3 Å². The average Bonchev–Trinajstić information content (AvgIpc) is 2.16. The van der Waals surface area contributed by atoms with Crippen LogP contribution >= 0.6 is 15.9 Å². The van der Waals surface area contributed by atoms with Crippen LogP contribution < -0.4 is 5.73 Å². The van der Waals surface area contributed by atoms with Gasteiger partial charge in [-0.25, -0.2) is 4.79 Å². The maximum absolute atomic E-state index is 11.5. The highest BCUT2D eigenvalue weighted by Gasteiger charge is 2.19. The molecule has 0 saturated carbocycles. The fourth-order valence-electron chi connectivity index (χ4n) is 1.14. The summed E-state index contributed by atoms with van der Waals surface area (Å²) in [5.74, 6) is -0.609. The number of rotatable bonds is 3. The van der Waals surface area contributed by atoms with E-state index in [0.29, 0.717) is 0 Å². The topological polar surface area (TPSA) is 95.5 Å². The number of esters is 1. The molecule has 0 aromatic heterocycles. The molecule has 0 bridgehead atoms. The van der Waals surface area contributed by atoms with Crippen LogP contribution in [0.25, 0.3) is 0 Å². The van der Waals surface area contributed by atoms with Crippen LogP contribution in [-0.4, -0.2) is 17.5 Å². The molecule has 0 amide bonds. The molecule has 2 N–H and O–H groups in total. The first-order chi connectivity index (χ1) is 7.47. The van der Waals surface area contributed by atoms with E-state index in [1.54, 1.807) is 6.92 Å². The summed E-state index contributed by atoms with van der Waals surface area (Å²) in [7, 11) is 0. The van der Waals surface area contributed by atoms with Crippen molar-refractivity contribution < 1.29 is 14.5 Å². The molecule has 0 radical (unpaired) electrons. The maximum atomic E-state index is 11.5. The zero-order chi connectivity index (χ0) is 12.3. The van der Waals surface area contributed by atoms with Crippen LogP contribution in [0.4, 0.5) is 11.4 Å². The fourth-order valence-corrected chi connectivity index (χ4v) is 1.76. The molecule has 0 aliphatic carbocycles. The molecule has 0 spiro atoms. The number of nitro groups is 1. The molecular formula is C9H9BrN2O4. The number of carbonyl (C=O) groups is 1. The van der Waals surface area contributed by atoms with E-state index in [9.17, 15) is 14.9 Å². The number of nitrogens with zero attached hydrogens (tertiary/aromatic N) is 1. The Bertz CT molecular complexity index is 424. The summed E-state index contributed by atoms with van der Waals surface area (Å²) in [6, 6.07) is 2.33. The molecule has 0 aliphatic heterocycles. The second kappa shape index (κ2) is 4.93. The smallest absolute Gasteiger partial charge is 0.341 e. The molecule has 1 rings (SSSR count). The first-order valence-corrected chi connectivity index (χ1v) is 5.17. The molecular weight excluding hydrogens is 280 g/mol. The second-order valence-corrected chi connectivity index (χ2v) is 3.72. The maximum Gasteiger partial charge on any atom is 0.341 e. The van der Waals surface area contributed by atoms with Gasteiger partial charge in [-0.2, -0.15) is 0 Å². The number of hydrogen-bond donors (Lipinski definition) is 1. The lowest BCUT2D eigenvalue weighted by molar-refractivity contribution is -0.384. The van der Waals surface area contributed by atoms with Gasteiger partial charge in [0, 0.05) is 16.6 Å². The quantitative estimate of drug-likeness (QED) is 0.398. The SMILES string of the molecule is CCOC(=O)c1c(N)cc([N+](=O)[O-])cc1Br. The van der Waals surface area contributed by atoms with Gasteiger partial charge >= 0.3 is 5.97 Å². The third-order valence-electron chi connectivity index (χ3n) is 1.80. The Kier molecular flexibility index (Phi) is 3.83. The number of non-ortho nitro benzene ring substituents is 1. The van der Waals surface area contributed by atoms with Gasteiger partial charge in [-0.1, -0.05) is 0 Å². The van der Waals surface area contributed by atoms with E-state index < -0.39 is 10.9 Å². The van der Waals surface area contributed by atoms with Gasteiger partial charge in [-0.15, -0.1) is 0 Å². The number of ether oxygens (including phenoxy) is 1. The number of carbonyl (C=O) groups excluding carboxylic acids is 1. The van der Waals surface area contributed by atoms with Crippen LogP contribution in [0.3, 0.4) is 0 Å². The monoisotopic (exact) mass is 288 g/mol. The lowest BCUT2D eigenvalue weighted by Crippen LogP contribution is -2.09. The van der Waals surface area contributed by atoms with Crippen molar-refractivity contribution in [1.29, 1.82) is 0 Å². The van der Waals surface area contributed by atoms with Crippen LogP contribution in [0.2, 0.25) is 0 Å². The van der Waals surface area contributed by atoms with Crippen molar-refractivity contribution in [2.75, 3.05) is 12.3 Å².